The van der Waals surface area contributed by atoms with Gasteiger partial charge in [-0.05, 0) is 159 Å². The normalized spacial score (nSPS) is 20.5. The van der Waals surface area contributed by atoms with Crippen LogP contribution in [0.25, 0.3) is 21.3 Å². The quantitative estimate of drug-likeness (QED) is 0.0106. The minimum Gasteiger partial charge on any atom is -0.481 e. The molecule has 4 bridgehead atoms. The van der Waals surface area contributed by atoms with Gasteiger partial charge in [0.1, 0.15) is 36.3 Å². The summed E-state index contributed by atoms with van der Waals surface area (Å²) >= 11 is 1.39. The molecule has 5 atom stereocenters. The van der Waals surface area contributed by atoms with Gasteiger partial charge < -0.3 is 56.9 Å². The molecule has 11 N–H and O–H groups in total. The summed E-state index contributed by atoms with van der Waals surface area (Å²) in [6, 6.07) is 16.9. The summed E-state index contributed by atoms with van der Waals surface area (Å²) in [4.78, 5) is 159. The molecule has 5 heterocycles. The molecule has 592 valence electrons. The average molecular weight is 1570 g/mol. The van der Waals surface area contributed by atoms with Gasteiger partial charge in [0.2, 0.25) is 17.7 Å². The third kappa shape index (κ3) is 19.7. The number of thiazole rings is 1. The van der Waals surface area contributed by atoms with E-state index in [9.17, 15) is 71.1 Å². The number of hydrogen-bond acceptors (Lipinski definition) is 20. The van der Waals surface area contributed by atoms with Crippen LogP contribution in [0.5, 0.6) is 0 Å². The highest BCUT2D eigenvalue weighted by Gasteiger charge is 2.66. The number of nitrogens with one attached hydrogen (secondary N) is 4. The van der Waals surface area contributed by atoms with Crippen molar-refractivity contribution in [1.29, 1.82) is 0 Å². The first-order valence-corrected chi connectivity index (χ1v) is 39.4. The summed E-state index contributed by atoms with van der Waals surface area (Å²) in [7, 11) is -4.95. The molecule has 2 aliphatic heterocycles. The lowest BCUT2D eigenvalue weighted by Gasteiger charge is -2.69. The number of benzene rings is 3. The van der Waals surface area contributed by atoms with Crippen LogP contribution in [0.15, 0.2) is 97.2 Å². The van der Waals surface area contributed by atoms with E-state index in [0.29, 0.717) is 78.5 Å². The fraction of sp³-hybridized carbons (Fsp3) is 0.481. The van der Waals surface area contributed by atoms with Crippen molar-refractivity contribution in [3.8, 4) is 11.1 Å². The number of para-hydroxylation sites is 1. The summed E-state index contributed by atoms with van der Waals surface area (Å²) in [5, 5.41) is 36.2. The van der Waals surface area contributed by atoms with Crippen molar-refractivity contribution < 1.29 is 85.4 Å². The molecule has 0 saturated heterocycles. The van der Waals surface area contributed by atoms with Crippen LogP contribution in [0, 0.1) is 29.1 Å². The molecule has 4 fully saturated rings. The monoisotopic (exact) mass is 1570 g/mol. The van der Waals surface area contributed by atoms with Crippen molar-refractivity contribution in [2.45, 2.75) is 168 Å². The second-order valence-electron chi connectivity index (χ2n) is 30.9. The number of nitrogens with zero attached hydrogens (tertiary/aromatic N) is 8. The molecular weight excluding hydrogens is 1470 g/mol. The van der Waals surface area contributed by atoms with Crippen molar-refractivity contribution in [1.82, 2.24) is 45.5 Å². The molecule has 4 saturated carbocycles. The Balaban J connectivity index is 0.738. The lowest BCUT2D eigenvalue weighted by atomic mass is 9.39. The number of pyridine rings is 1. The number of carbonyl (C=O) groups is 11. The predicted molar refractivity (Wildman–Crippen MR) is 408 cm³/mol. The Morgan fingerprint density at radius 2 is 1.51 bits per heavy atom. The molecule has 4 aliphatic carbocycles. The van der Waals surface area contributed by atoms with E-state index >= 15 is 4.79 Å². The van der Waals surface area contributed by atoms with Crippen molar-refractivity contribution in [2.75, 3.05) is 60.2 Å². The van der Waals surface area contributed by atoms with Gasteiger partial charge in [0.05, 0.1) is 35.0 Å². The number of aromatic carboxylic acids is 1. The first kappa shape index (κ1) is 81.3. The van der Waals surface area contributed by atoms with Crippen LogP contribution in [0.3, 0.4) is 0 Å². The first-order valence-electron chi connectivity index (χ1n) is 37.0. The zero-order valence-corrected chi connectivity index (χ0v) is 64.2. The van der Waals surface area contributed by atoms with Gasteiger partial charge in [-0.3, -0.25) is 62.7 Å². The van der Waals surface area contributed by atoms with E-state index in [1.54, 1.807) is 32.2 Å². The van der Waals surface area contributed by atoms with Gasteiger partial charge in [0, 0.05) is 92.5 Å². The van der Waals surface area contributed by atoms with Crippen LogP contribution in [-0.4, -0.2) is 187 Å². The van der Waals surface area contributed by atoms with Gasteiger partial charge in [-0.2, -0.15) is 13.5 Å². The van der Waals surface area contributed by atoms with Gasteiger partial charge in [-0.25, -0.2) is 24.4 Å². The van der Waals surface area contributed by atoms with E-state index in [2.05, 4.69) is 40.1 Å². The number of aliphatic carboxylic acids is 1. The fourth-order valence-corrected chi connectivity index (χ4v) is 19.2. The molecule has 34 heteroatoms. The van der Waals surface area contributed by atoms with Gasteiger partial charge in [0.15, 0.2) is 10.8 Å². The Morgan fingerprint density at radius 3 is 2.18 bits per heavy atom. The third-order valence-electron chi connectivity index (χ3n) is 21.4. The maximum Gasteiger partial charge on any atom is 0.410 e. The standard InChI is InChI=1S/C77H94N14O18S2/c1-46(2)64(85-68(99)56(38-111(105,106)107)82-60(92)18-7-6-10-30-89-61(93)25-26-62(89)94)69(100)91(57(66(78)97)16-12-29-80-71(79)103)50-21-19-48(20-22-50)37-108-73(104)87(32-28-63(95)96)33-34-109-77-42-74(4)39-75(5,43-77)41-76(40-74,44-77)45-90-47(3)53(35-81-90)51-23-24-59(84-65(51)70(101)102)88-31-27-49-13-11-14-52(54(49)36-88)67(98)86-72-83-55-15-8-9-17-58(55)110-72/h8-9,11,13-15,17,19-26,35,46,56-57,64H,6-7,10,12,16,18,27-34,36-45H2,1-5H3,(H2,78,97)(H,82,92)(H,85,99)(H,95,96)(H,101,102)(H3,79,80,103)(H,83,86,98)(H,105,106,107)/t56-,57-,64-,74?,75?,76?,77?/m0/s1. The molecule has 0 spiro atoms. The number of rotatable bonds is 36. The minimum atomic E-state index is -4.95. The first-order chi connectivity index (χ1) is 52.6. The third-order valence-corrected chi connectivity index (χ3v) is 23.2. The number of amides is 10. The van der Waals surface area contributed by atoms with Gasteiger partial charge in [-0.1, -0.05) is 81.9 Å². The summed E-state index contributed by atoms with van der Waals surface area (Å²) in [6.45, 7) is 10.4. The molecule has 3 aromatic heterocycles. The smallest absolute Gasteiger partial charge is 0.410 e. The number of carboxylic acids is 2. The fourth-order valence-electron chi connectivity index (χ4n) is 17.6. The zero-order valence-electron chi connectivity index (χ0n) is 62.5. The number of unbranched alkanes of at least 4 members (excludes halogenated alkanes) is 2. The van der Waals surface area contributed by atoms with Crippen LogP contribution in [-0.2, 0) is 79.3 Å². The van der Waals surface area contributed by atoms with Crippen molar-refractivity contribution in [3.63, 3.8) is 0 Å². The lowest BCUT2D eigenvalue weighted by Crippen LogP contribution is -2.64. The number of primary amides is 2. The Labute approximate surface area is 645 Å². The molecule has 10 amide bonds. The molecule has 6 aliphatic rings. The number of carboxylic acid groups (broad SMARTS) is 2. The molecular formula is C77H94N14O18S2. The highest BCUT2D eigenvalue weighted by molar-refractivity contribution is 7.85. The van der Waals surface area contributed by atoms with Crippen molar-refractivity contribution in [2.24, 2.45) is 33.6 Å². The van der Waals surface area contributed by atoms with Crippen LogP contribution < -0.4 is 42.5 Å². The van der Waals surface area contributed by atoms with Crippen molar-refractivity contribution in [3.05, 3.63) is 131 Å². The second-order valence-corrected chi connectivity index (χ2v) is 33.5. The van der Waals surface area contributed by atoms with Crippen molar-refractivity contribution >= 4 is 114 Å². The highest BCUT2D eigenvalue weighted by atomic mass is 32.2. The van der Waals surface area contributed by atoms with E-state index < -0.39 is 111 Å². The average Bonchev–Trinajstić information content (AvgIpc) is 1.26. The summed E-state index contributed by atoms with van der Waals surface area (Å²) in [6.07, 6.45) is 8.77. The van der Waals surface area contributed by atoms with Crippen LogP contribution in [0.4, 0.5) is 26.2 Å². The number of imide groups is 1. The number of nitrogens with two attached hydrogens (primary N) is 2. The highest BCUT2D eigenvalue weighted by Crippen LogP contribution is 2.72. The van der Waals surface area contributed by atoms with Gasteiger partial charge in [-0.15, -0.1) is 0 Å². The number of urea groups is 1. The van der Waals surface area contributed by atoms with E-state index in [4.69, 9.17) is 31.0 Å². The lowest BCUT2D eigenvalue weighted by molar-refractivity contribution is -0.248. The number of carbonyl (C=O) groups excluding carboxylic acids is 9. The number of anilines is 3. The van der Waals surface area contributed by atoms with Crippen LogP contribution in [0.2, 0.25) is 0 Å². The molecule has 12 rings (SSSR count). The van der Waals surface area contributed by atoms with Gasteiger partial charge in [0.25, 0.3) is 33.7 Å². The Bertz CT molecular complexity index is 4680. The number of ether oxygens (including phenoxy) is 2. The predicted octanol–water partition coefficient (Wildman–Crippen LogP) is 7.26. The Kier molecular flexibility index (Phi) is 24.8. The van der Waals surface area contributed by atoms with E-state index in [-0.39, 0.29) is 98.6 Å². The summed E-state index contributed by atoms with van der Waals surface area (Å²) in [5.41, 5.74) is 15.3. The molecule has 3 aromatic carbocycles. The second kappa shape index (κ2) is 33.9. The largest absolute Gasteiger partial charge is 0.481 e. The Hall–Kier alpha value is -10.7. The Morgan fingerprint density at radius 1 is 0.793 bits per heavy atom. The zero-order chi connectivity index (χ0) is 79.9. The topological polar surface area (TPSA) is 458 Å². The van der Waals surface area contributed by atoms with Gasteiger partial charge >= 0.3 is 24.1 Å². The van der Waals surface area contributed by atoms with E-state index in [0.717, 1.165) is 81.1 Å². The molecule has 2 unspecified atom stereocenters. The van der Waals surface area contributed by atoms with E-state index in [1.165, 1.54) is 40.5 Å². The molecule has 6 aromatic rings. The minimum absolute atomic E-state index is 0.0349. The molecule has 111 heavy (non-hydrogen) atoms. The summed E-state index contributed by atoms with van der Waals surface area (Å²) < 4.78 is 50.1. The number of hydrogen-bond donors (Lipinski definition) is 9. The maximum absolute atomic E-state index is 15.0. The van der Waals surface area contributed by atoms with Crippen LogP contribution >= 0.6 is 11.3 Å². The molecule has 32 nitrogen and oxygen atoms in total. The SMILES string of the molecule is Cc1c(-c2ccc(N3CCc4cccc(C(=O)Nc5nc6ccccc6s5)c4C3)nc2C(=O)O)cnn1CC12CC3(C)CC(C)(C1)CC(OCCN(CCC(=O)O)C(=O)OCc1ccc(N(C(=O)[C@@H](NC(=O)[C@H](CS(=O)(=O)O)NC(=O)CCCCCN4C(=O)C=CC4=O)C(C)C)[C@@H](CCCNC(N)=O)C(N)=O)cc1)(C3)C2. The van der Waals surface area contributed by atoms with E-state index in [1.807, 2.05) is 59.0 Å². The number of aromatic nitrogens is 4. The number of fused-ring (bicyclic) bond motifs is 2. The van der Waals surface area contributed by atoms with Crippen LogP contribution in [0.1, 0.15) is 154 Å². The molecule has 0 radical (unpaired) electrons. The summed E-state index contributed by atoms with van der Waals surface area (Å²) in [5.74, 6) is -9.13. The maximum atomic E-state index is 15.0.